The smallest absolute Gasteiger partial charge is 0.335 e. The second-order valence-electron chi connectivity index (χ2n) is 4.58. The minimum Gasteiger partial charge on any atom is -0.478 e. The van der Waals surface area contributed by atoms with Crippen molar-refractivity contribution >= 4 is 11.9 Å². The van der Waals surface area contributed by atoms with Gasteiger partial charge in [-0.25, -0.2) is 10.3 Å². The van der Waals surface area contributed by atoms with Crippen molar-refractivity contribution in [2.24, 2.45) is 5.92 Å². The van der Waals surface area contributed by atoms with Gasteiger partial charge in [0.15, 0.2) is 0 Å². The van der Waals surface area contributed by atoms with Gasteiger partial charge in [0.1, 0.15) is 0 Å². The molecule has 0 fully saturated rings. The average molecular weight is 266 g/mol. The molecule has 1 atom stereocenters. The van der Waals surface area contributed by atoms with E-state index in [0.29, 0.717) is 6.54 Å². The van der Waals surface area contributed by atoms with Gasteiger partial charge in [0.05, 0.1) is 11.6 Å². The van der Waals surface area contributed by atoms with Crippen molar-refractivity contribution in [3.63, 3.8) is 0 Å². The molecule has 104 valence electrons. The maximum absolute atomic E-state index is 11.4. The summed E-state index contributed by atoms with van der Waals surface area (Å²) in [5.74, 6) is -1.51. The van der Waals surface area contributed by atoms with Crippen molar-refractivity contribution in [1.82, 2.24) is 10.8 Å². The molecule has 0 aromatic heterocycles. The van der Waals surface area contributed by atoms with Crippen LogP contribution in [-0.2, 0) is 11.3 Å². The molecule has 1 aromatic rings. The van der Waals surface area contributed by atoms with E-state index in [1.54, 1.807) is 23.7 Å². The zero-order valence-electron chi connectivity index (χ0n) is 10.9. The van der Waals surface area contributed by atoms with Gasteiger partial charge in [0.25, 0.3) is 5.91 Å². The topological polar surface area (TPSA) is 98.7 Å². The molecule has 0 saturated carbocycles. The average Bonchev–Trinajstić information content (AvgIpc) is 2.38. The Morgan fingerprint density at radius 1 is 1.32 bits per heavy atom. The molecule has 1 rings (SSSR count). The summed E-state index contributed by atoms with van der Waals surface area (Å²) in [5, 5.41) is 20.5. The molecule has 0 saturated heterocycles. The fourth-order valence-corrected chi connectivity index (χ4v) is 1.74. The zero-order valence-corrected chi connectivity index (χ0v) is 10.9. The third-order valence-corrected chi connectivity index (χ3v) is 2.76. The SMILES string of the molecule is CC(C)C(NCc1cccc(C(=O)O)c1)C(=O)NO. The van der Waals surface area contributed by atoms with Gasteiger partial charge in [-0.05, 0) is 23.6 Å². The van der Waals surface area contributed by atoms with Crippen LogP contribution in [0.1, 0.15) is 29.8 Å². The Morgan fingerprint density at radius 3 is 2.53 bits per heavy atom. The van der Waals surface area contributed by atoms with Crippen LogP contribution in [-0.4, -0.2) is 28.2 Å². The number of amides is 1. The van der Waals surface area contributed by atoms with E-state index >= 15 is 0 Å². The lowest BCUT2D eigenvalue weighted by molar-refractivity contribution is -0.132. The van der Waals surface area contributed by atoms with Crippen molar-refractivity contribution < 1.29 is 19.9 Å². The van der Waals surface area contributed by atoms with Crippen molar-refractivity contribution in [3.05, 3.63) is 35.4 Å². The largest absolute Gasteiger partial charge is 0.478 e. The Labute approximate surface area is 111 Å². The third-order valence-electron chi connectivity index (χ3n) is 2.76. The highest BCUT2D eigenvalue weighted by atomic mass is 16.5. The number of hydroxylamine groups is 1. The Hall–Kier alpha value is -1.92. The molecule has 4 N–H and O–H groups in total. The molecule has 0 heterocycles. The van der Waals surface area contributed by atoms with Gasteiger partial charge in [0.2, 0.25) is 0 Å². The number of nitrogens with one attached hydrogen (secondary N) is 2. The summed E-state index contributed by atoms with van der Waals surface area (Å²) in [6, 6.07) is 5.93. The number of hydrogen-bond acceptors (Lipinski definition) is 4. The van der Waals surface area contributed by atoms with E-state index in [1.165, 1.54) is 6.07 Å². The minimum atomic E-state index is -0.990. The second-order valence-corrected chi connectivity index (χ2v) is 4.58. The van der Waals surface area contributed by atoms with Crippen LogP contribution in [0.4, 0.5) is 0 Å². The van der Waals surface area contributed by atoms with Gasteiger partial charge in [0, 0.05) is 6.54 Å². The van der Waals surface area contributed by atoms with Crippen LogP contribution in [0.15, 0.2) is 24.3 Å². The molecule has 19 heavy (non-hydrogen) atoms. The fraction of sp³-hybridized carbons (Fsp3) is 0.385. The van der Waals surface area contributed by atoms with E-state index in [0.717, 1.165) is 5.56 Å². The summed E-state index contributed by atoms with van der Waals surface area (Å²) >= 11 is 0. The Bertz CT molecular complexity index is 460. The van der Waals surface area contributed by atoms with Crippen LogP contribution < -0.4 is 10.8 Å². The van der Waals surface area contributed by atoms with Gasteiger partial charge in [-0.2, -0.15) is 0 Å². The standard InChI is InChI=1S/C13H18N2O4/c1-8(2)11(12(16)15-19)14-7-9-4-3-5-10(6-9)13(17)18/h3-6,8,11,14,19H,7H2,1-2H3,(H,15,16)(H,17,18). The number of carbonyl (C=O) groups excluding carboxylic acids is 1. The molecule has 0 aliphatic heterocycles. The van der Waals surface area contributed by atoms with Crippen LogP contribution in [0.2, 0.25) is 0 Å². The highest BCUT2D eigenvalue weighted by molar-refractivity contribution is 5.87. The summed E-state index contributed by atoms with van der Waals surface area (Å²) in [6.45, 7) is 4.04. The molecule has 0 aliphatic rings. The highest BCUT2D eigenvalue weighted by Gasteiger charge is 2.20. The van der Waals surface area contributed by atoms with E-state index < -0.39 is 17.9 Å². The number of hydrogen-bond donors (Lipinski definition) is 4. The van der Waals surface area contributed by atoms with Crippen molar-refractivity contribution in [3.8, 4) is 0 Å². The third kappa shape index (κ3) is 4.35. The molecule has 6 nitrogen and oxygen atoms in total. The van der Waals surface area contributed by atoms with Crippen LogP contribution in [0.25, 0.3) is 0 Å². The molecule has 0 spiro atoms. The van der Waals surface area contributed by atoms with Crippen LogP contribution in [0.3, 0.4) is 0 Å². The van der Waals surface area contributed by atoms with Crippen LogP contribution in [0.5, 0.6) is 0 Å². The number of aromatic carboxylic acids is 1. The second kappa shape index (κ2) is 6.86. The lowest BCUT2D eigenvalue weighted by Crippen LogP contribution is -2.46. The van der Waals surface area contributed by atoms with Gasteiger partial charge in [-0.3, -0.25) is 10.0 Å². The number of carboxylic acid groups (broad SMARTS) is 1. The first-order valence-electron chi connectivity index (χ1n) is 5.95. The number of carboxylic acids is 1. The monoisotopic (exact) mass is 266 g/mol. The Kier molecular flexibility index (Phi) is 5.47. The zero-order chi connectivity index (χ0) is 14.4. The van der Waals surface area contributed by atoms with Gasteiger partial charge < -0.3 is 10.4 Å². The summed E-state index contributed by atoms with van der Waals surface area (Å²) in [5.41, 5.74) is 2.58. The molecular formula is C13H18N2O4. The highest BCUT2D eigenvalue weighted by Crippen LogP contribution is 2.07. The first-order chi connectivity index (χ1) is 8.95. The number of rotatable bonds is 6. The van der Waals surface area contributed by atoms with Gasteiger partial charge in [-0.15, -0.1) is 0 Å². The molecule has 0 aliphatic carbocycles. The van der Waals surface area contributed by atoms with E-state index in [2.05, 4.69) is 5.32 Å². The van der Waals surface area contributed by atoms with Crippen molar-refractivity contribution in [1.29, 1.82) is 0 Å². The molecule has 1 aromatic carbocycles. The Morgan fingerprint density at radius 2 is 2.00 bits per heavy atom. The predicted molar refractivity (Wildman–Crippen MR) is 68.8 cm³/mol. The summed E-state index contributed by atoms with van der Waals surface area (Å²) in [7, 11) is 0. The van der Waals surface area contributed by atoms with Gasteiger partial charge >= 0.3 is 5.97 Å². The van der Waals surface area contributed by atoms with E-state index in [-0.39, 0.29) is 11.5 Å². The summed E-state index contributed by atoms with van der Waals surface area (Å²) in [6.07, 6.45) is 0. The maximum Gasteiger partial charge on any atom is 0.335 e. The lowest BCUT2D eigenvalue weighted by Gasteiger charge is -2.20. The molecule has 0 radical (unpaired) electrons. The maximum atomic E-state index is 11.4. The lowest BCUT2D eigenvalue weighted by atomic mass is 10.0. The molecule has 6 heteroatoms. The quantitative estimate of drug-likeness (QED) is 0.455. The van der Waals surface area contributed by atoms with Crippen molar-refractivity contribution in [2.75, 3.05) is 0 Å². The van der Waals surface area contributed by atoms with E-state index in [9.17, 15) is 9.59 Å². The molecular weight excluding hydrogens is 248 g/mol. The predicted octanol–water partition coefficient (Wildman–Crippen LogP) is 1.00. The normalized spacial score (nSPS) is 12.2. The van der Waals surface area contributed by atoms with Crippen molar-refractivity contribution in [2.45, 2.75) is 26.4 Å². The number of carbonyl (C=O) groups is 2. The molecule has 1 unspecified atom stereocenters. The van der Waals surface area contributed by atoms with E-state index in [4.69, 9.17) is 10.3 Å². The molecule has 1 amide bonds. The Balaban J connectivity index is 2.71. The first-order valence-corrected chi connectivity index (χ1v) is 5.95. The number of benzene rings is 1. The van der Waals surface area contributed by atoms with E-state index in [1.807, 2.05) is 13.8 Å². The van der Waals surface area contributed by atoms with Gasteiger partial charge in [-0.1, -0.05) is 26.0 Å². The first kappa shape index (κ1) is 15.1. The fourth-order valence-electron chi connectivity index (χ4n) is 1.74. The summed E-state index contributed by atoms with van der Waals surface area (Å²) < 4.78 is 0. The molecule has 0 bridgehead atoms. The van der Waals surface area contributed by atoms with Crippen LogP contribution in [0, 0.1) is 5.92 Å². The minimum absolute atomic E-state index is 0.00481. The van der Waals surface area contributed by atoms with Crippen LogP contribution >= 0.6 is 0 Å². The summed E-state index contributed by atoms with van der Waals surface area (Å²) in [4.78, 5) is 22.3.